The Morgan fingerprint density at radius 1 is 0.952 bits per heavy atom. The predicted octanol–water partition coefficient (Wildman–Crippen LogP) is 5.69. The van der Waals surface area contributed by atoms with Gasteiger partial charge in [0.2, 0.25) is 0 Å². The molecule has 0 unspecified atom stereocenters. The van der Waals surface area contributed by atoms with E-state index in [9.17, 15) is 8.42 Å². The maximum absolute atomic E-state index is 13.9. The number of hydrogen-bond acceptors (Lipinski definition) is 5. The summed E-state index contributed by atoms with van der Waals surface area (Å²) in [6.45, 7) is 12.2. The van der Waals surface area contributed by atoms with E-state index < -0.39 is 10.0 Å². The van der Waals surface area contributed by atoms with Gasteiger partial charge in [-0.05, 0) is 67.7 Å². The summed E-state index contributed by atoms with van der Waals surface area (Å²) in [5.41, 5.74) is 9.92. The molecule has 0 fully saturated rings. The van der Waals surface area contributed by atoms with Crippen LogP contribution in [0.5, 0.6) is 0 Å². The number of nitrogens with one attached hydrogen (secondary N) is 1. The summed E-state index contributed by atoms with van der Waals surface area (Å²) < 4.78 is 31.6. The number of aryl methyl sites for hydroxylation is 3. The number of sulfonamides is 1. The van der Waals surface area contributed by atoms with Crippen LogP contribution in [0.15, 0.2) is 77.7 Å². The van der Waals surface area contributed by atoms with Crippen LogP contribution < -0.4 is 10.0 Å². The van der Waals surface area contributed by atoms with Gasteiger partial charge in [0.1, 0.15) is 11.7 Å². The van der Waals surface area contributed by atoms with Crippen LogP contribution in [-0.4, -0.2) is 54.9 Å². The van der Waals surface area contributed by atoms with E-state index >= 15 is 0 Å². The molecule has 0 amide bonds. The van der Waals surface area contributed by atoms with Crippen molar-refractivity contribution in [3.8, 4) is 0 Å². The number of benzene rings is 3. The summed E-state index contributed by atoms with van der Waals surface area (Å²) in [7, 11) is -3.77. The number of fused-ring (bicyclic) bond motifs is 1. The highest BCUT2D eigenvalue weighted by atomic mass is 32.2. The Hall–Kier alpha value is -3.69. The van der Waals surface area contributed by atoms with E-state index in [1.165, 1.54) is 4.31 Å². The Balaban J connectivity index is 1.70. The monoisotopic (exact) mass is 588 g/mol. The minimum absolute atomic E-state index is 0.0632. The first-order chi connectivity index (χ1) is 20.1. The molecule has 3 N–H and O–H groups in total. The number of nitrogen functional groups attached to an aromatic ring is 1. The van der Waals surface area contributed by atoms with Crippen LogP contribution in [0, 0.1) is 11.3 Å². The molecule has 4 aromatic rings. The molecule has 0 atom stereocenters. The Bertz CT molecular complexity index is 1580. The zero-order valence-electron chi connectivity index (χ0n) is 25.3. The van der Waals surface area contributed by atoms with Crippen LogP contribution in [0.4, 0.5) is 5.69 Å². The summed E-state index contributed by atoms with van der Waals surface area (Å²) in [6.07, 6.45) is 2.57. The van der Waals surface area contributed by atoms with E-state index in [0.29, 0.717) is 30.3 Å². The molecule has 42 heavy (non-hydrogen) atoms. The Morgan fingerprint density at radius 3 is 2.26 bits per heavy atom. The van der Waals surface area contributed by atoms with Gasteiger partial charge in [0.05, 0.1) is 21.6 Å². The Morgan fingerprint density at radius 2 is 1.64 bits per heavy atom. The number of hydrogen-bond donors (Lipinski definition) is 2. The molecule has 0 aliphatic carbocycles. The number of rotatable bonds is 15. The first kappa shape index (κ1) is 31.3. The van der Waals surface area contributed by atoms with Crippen LogP contribution in [-0.2, 0) is 29.4 Å². The molecule has 0 spiro atoms. The van der Waals surface area contributed by atoms with Crippen molar-refractivity contribution in [2.24, 2.45) is 11.7 Å². The van der Waals surface area contributed by atoms with E-state index in [1.54, 1.807) is 24.3 Å². The van der Waals surface area contributed by atoms with Crippen molar-refractivity contribution in [3.05, 3.63) is 89.7 Å². The number of anilines is 1. The highest BCUT2D eigenvalue weighted by Gasteiger charge is 2.26. The fraction of sp³-hybridized carbons (Fsp3) is 0.394. The molecule has 0 aliphatic heterocycles. The summed E-state index contributed by atoms with van der Waals surface area (Å²) >= 11 is 0. The second-order valence-electron chi connectivity index (χ2n) is 11.1. The van der Waals surface area contributed by atoms with Gasteiger partial charge in [0, 0.05) is 31.6 Å². The fourth-order valence-corrected chi connectivity index (χ4v) is 6.61. The van der Waals surface area contributed by atoms with E-state index in [1.807, 2.05) is 48.5 Å². The van der Waals surface area contributed by atoms with E-state index in [0.717, 1.165) is 61.3 Å². The molecule has 8 nitrogen and oxygen atoms in total. The van der Waals surface area contributed by atoms with Crippen molar-refractivity contribution in [2.45, 2.75) is 58.4 Å². The fourth-order valence-electron chi connectivity index (χ4n) is 5.14. The summed E-state index contributed by atoms with van der Waals surface area (Å²) in [5, 5.41) is 7.64. The van der Waals surface area contributed by atoms with Gasteiger partial charge in [-0.1, -0.05) is 70.2 Å². The second-order valence-corrected chi connectivity index (χ2v) is 12.9. The molecule has 0 saturated heterocycles. The minimum Gasteiger partial charge on any atom is -0.384 e. The molecule has 0 radical (unpaired) electrons. The van der Waals surface area contributed by atoms with Crippen molar-refractivity contribution in [2.75, 3.05) is 30.5 Å². The molecule has 9 heteroatoms. The van der Waals surface area contributed by atoms with Gasteiger partial charge >= 0.3 is 0 Å². The third-order valence-electron chi connectivity index (χ3n) is 7.78. The van der Waals surface area contributed by atoms with Gasteiger partial charge in [-0.3, -0.25) is 9.71 Å². The average molecular weight is 589 g/mol. The lowest BCUT2D eigenvalue weighted by Gasteiger charge is -2.27. The maximum Gasteiger partial charge on any atom is 0.264 e. The van der Waals surface area contributed by atoms with E-state index in [-0.39, 0.29) is 10.7 Å². The predicted molar refractivity (Wildman–Crippen MR) is 173 cm³/mol. The van der Waals surface area contributed by atoms with E-state index in [4.69, 9.17) is 16.1 Å². The van der Waals surface area contributed by atoms with Crippen molar-refractivity contribution >= 4 is 32.6 Å². The molecule has 4 rings (SSSR count). The lowest BCUT2D eigenvalue weighted by atomic mass is 10.1. The minimum atomic E-state index is -3.77. The van der Waals surface area contributed by atoms with Crippen molar-refractivity contribution < 1.29 is 8.42 Å². The molecule has 0 saturated carbocycles. The zero-order valence-corrected chi connectivity index (χ0v) is 26.1. The van der Waals surface area contributed by atoms with Crippen LogP contribution >= 0.6 is 0 Å². The quantitative estimate of drug-likeness (QED) is 0.137. The van der Waals surface area contributed by atoms with Gasteiger partial charge in [0.25, 0.3) is 10.0 Å². The summed E-state index contributed by atoms with van der Waals surface area (Å²) in [4.78, 5) is 7.56. The van der Waals surface area contributed by atoms with Gasteiger partial charge in [-0.2, -0.15) is 0 Å². The third kappa shape index (κ3) is 7.38. The lowest BCUT2D eigenvalue weighted by molar-refractivity contribution is 0.313. The number of nitrogens with zero attached hydrogens (tertiary/aromatic N) is 4. The SMILES string of the molecule is CCN(CC)CCN(c1ccc2c(c1)nc(CCc1ccc(C(=N)N)cc1)n2CCC(C)C)S(=O)(=O)c1ccccc1. The van der Waals surface area contributed by atoms with Crippen molar-refractivity contribution in [1.29, 1.82) is 5.41 Å². The van der Waals surface area contributed by atoms with Gasteiger partial charge in [-0.15, -0.1) is 0 Å². The third-order valence-corrected chi connectivity index (χ3v) is 9.62. The Kier molecular flexibility index (Phi) is 10.4. The largest absolute Gasteiger partial charge is 0.384 e. The zero-order chi connectivity index (χ0) is 30.3. The van der Waals surface area contributed by atoms with Gasteiger partial charge < -0.3 is 15.2 Å². The molecular formula is C33H44N6O2S. The first-order valence-electron chi connectivity index (χ1n) is 14.9. The van der Waals surface area contributed by atoms with Gasteiger partial charge in [0.15, 0.2) is 0 Å². The molecular weight excluding hydrogens is 544 g/mol. The number of nitrogens with two attached hydrogens (primary N) is 1. The van der Waals surface area contributed by atoms with Crippen LogP contribution in [0.2, 0.25) is 0 Å². The molecule has 0 aliphatic rings. The van der Waals surface area contributed by atoms with Crippen molar-refractivity contribution in [3.63, 3.8) is 0 Å². The number of likely N-dealkylation sites (N-methyl/N-ethyl adjacent to an activating group) is 1. The number of amidine groups is 1. The molecule has 3 aromatic carbocycles. The van der Waals surface area contributed by atoms with Crippen LogP contribution in [0.25, 0.3) is 11.0 Å². The average Bonchev–Trinajstić information content (AvgIpc) is 3.34. The lowest BCUT2D eigenvalue weighted by Crippen LogP contribution is -2.38. The first-order valence-corrected chi connectivity index (χ1v) is 16.3. The smallest absolute Gasteiger partial charge is 0.264 e. The van der Waals surface area contributed by atoms with Crippen LogP contribution in [0.1, 0.15) is 51.1 Å². The normalized spacial score (nSPS) is 12.0. The van der Waals surface area contributed by atoms with Crippen molar-refractivity contribution in [1.82, 2.24) is 14.5 Å². The topological polar surface area (TPSA) is 108 Å². The molecule has 0 bridgehead atoms. The highest BCUT2D eigenvalue weighted by Crippen LogP contribution is 2.29. The summed E-state index contributed by atoms with van der Waals surface area (Å²) in [5.74, 6) is 1.59. The molecule has 1 heterocycles. The second kappa shape index (κ2) is 14.0. The number of aromatic nitrogens is 2. The van der Waals surface area contributed by atoms with E-state index in [2.05, 4.69) is 37.2 Å². The standard InChI is InChI=1S/C33H44N6O2S/c1-5-37(6-2)22-23-39(42(40,41)29-10-8-7-9-11-29)28-17-18-31-30(24-28)36-32(38(31)21-20-25(3)4)19-14-26-12-15-27(16-13-26)33(34)35/h7-13,15-18,24-25H,5-6,14,19-23H2,1-4H3,(H3,34,35). The highest BCUT2D eigenvalue weighted by molar-refractivity contribution is 7.92. The number of imidazole rings is 1. The maximum atomic E-state index is 13.9. The molecule has 1 aromatic heterocycles. The summed E-state index contributed by atoms with van der Waals surface area (Å²) in [6, 6.07) is 22.3. The van der Waals surface area contributed by atoms with Gasteiger partial charge in [-0.25, -0.2) is 13.4 Å². The Labute approximate surface area is 250 Å². The molecule has 224 valence electrons. The van der Waals surface area contributed by atoms with Crippen LogP contribution in [0.3, 0.4) is 0 Å².